The van der Waals surface area contributed by atoms with Crippen molar-refractivity contribution in [2.75, 3.05) is 6.61 Å². The van der Waals surface area contributed by atoms with Gasteiger partial charge in [-0.1, -0.05) is 87.9 Å². The Balaban J connectivity index is 1.96. The van der Waals surface area contributed by atoms with Crippen LogP contribution in [0.15, 0.2) is 60.7 Å². The molecule has 1 aliphatic rings. The van der Waals surface area contributed by atoms with Crippen LogP contribution in [0.25, 0.3) is 0 Å². The minimum Gasteiger partial charge on any atom is -0.407 e. The standard InChI is InChI=1S/C25H34O2Si/c1-20(26)22-13-11-12-21(18-22)19-27-28(25(2,3)4,23-14-7-5-8-15-23)24-16-9-6-10-17-24/h5-10,14-17,21-22H,11-13,18-19H2,1-4H3/t21-,22+/m1/s1. The summed E-state index contributed by atoms with van der Waals surface area (Å²) in [5.74, 6) is 1.04. The molecular formula is C25H34O2Si. The van der Waals surface area contributed by atoms with E-state index in [4.69, 9.17) is 4.43 Å². The van der Waals surface area contributed by atoms with E-state index in [1.54, 1.807) is 6.92 Å². The zero-order chi connectivity index (χ0) is 20.2. The Labute approximate surface area is 171 Å². The molecule has 0 unspecified atom stereocenters. The summed E-state index contributed by atoms with van der Waals surface area (Å²) in [5, 5.41) is 2.66. The summed E-state index contributed by atoms with van der Waals surface area (Å²) >= 11 is 0. The van der Waals surface area contributed by atoms with Crippen LogP contribution >= 0.6 is 0 Å². The van der Waals surface area contributed by atoms with E-state index in [-0.39, 0.29) is 11.0 Å². The fourth-order valence-corrected chi connectivity index (χ4v) is 9.46. The van der Waals surface area contributed by atoms with E-state index in [0.717, 1.165) is 25.9 Å². The van der Waals surface area contributed by atoms with Gasteiger partial charge in [0, 0.05) is 12.5 Å². The molecule has 0 aliphatic heterocycles. The highest BCUT2D eigenvalue weighted by atomic mass is 28.4. The van der Waals surface area contributed by atoms with Gasteiger partial charge in [0.15, 0.2) is 0 Å². The van der Waals surface area contributed by atoms with Gasteiger partial charge in [0.25, 0.3) is 8.32 Å². The topological polar surface area (TPSA) is 26.3 Å². The molecule has 1 saturated carbocycles. The lowest BCUT2D eigenvalue weighted by atomic mass is 9.80. The molecule has 3 heteroatoms. The van der Waals surface area contributed by atoms with Crippen LogP contribution in [0.2, 0.25) is 5.04 Å². The smallest absolute Gasteiger partial charge is 0.261 e. The van der Waals surface area contributed by atoms with Gasteiger partial charge in [0.1, 0.15) is 5.78 Å². The molecule has 2 aromatic carbocycles. The lowest BCUT2D eigenvalue weighted by molar-refractivity contribution is -0.122. The van der Waals surface area contributed by atoms with Gasteiger partial charge in [-0.25, -0.2) is 0 Å². The first-order valence-corrected chi connectivity index (χ1v) is 12.5. The van der Waals surface area contributed by atoms with Crippen molar-refractivity contribution >= 4 is 24.5 Å². The van der Waals surface area contributed by atoms with E-state index in [1.807, 2.05) is 0 Å². The molecule has 0 aromatic heterocycles. The minimum atomic E-state index is -2.47. The third-order valence-electron chi connectivity index (χ3n) is 6.31. The quantitative estimate of drug-likeness (QED) is 0.648. The van der Waals surface area contributed by atoms with Crippen LogP contribution in [0.1, 0.15) is 53.4 Å². The first-order chi connectivity index (χ1) is 13.3. The Morgan fingerprint density at radius 3 is 1.96 bits per heavy atom. The Morgan fingerprint density at radius 1 is 0.964 bits per heavy atom. The maximum Gasteiger partial charge on any atom is 0.261 e. The largest absolute Gasteiger partial charge is 0.407 e. The first-order valence-electron chi connectivity index (χ1n) is 10.6. The normalized spacial score (nSPS) is 20.7. The van der Waals surface area contributed by atoms with Crippen molar-refractivity contribution in [2.24, 2.45) is 11.8 Å². The van der Waals surface area contributed by atoms with Crippen molar-refractivity contribution in [1.29, 1.82) is 0 Å². The fourth-order valence-electron chi connectivity index (χ4n) is 4.82. The average Bonchev–Trinajstić information content (AvgIpc) is 2.69. The Bertz CT molecular complexity index is 725. The molecule has 28 heavy (non-hydrogen) atoms. The van der Waals surface area contributed by atoms with Crippen molar-refractivity contribution < 1.29 is 9.22 Å². The molecule has 1 fully saturated rings. The van der Waals surface area contributed by atoms with Crippen LogP contribution in [0.5, 0.6) is 0 Å². The summed E-state index contributed by atoms with van der Waals surface area (Å²) in [6.07, 6.45) is 4.33. The van der Waals surface area contributed by atoms with Crippen LogP contribution in [-0.4, -0.2) is 20.7 Å². The monoisotopic (exact) mass is 394 g/mol. The maximum atomic E-state index is 11.9. The molecule has 0 amide bonds. The highest BCUT2D eigenvalue weighted by Crippen LogP contribution is 2.38. The summed E-state index contributed by atoms with van der Waals surface area (Å²) in [7, 11) is -2.47. The second kappa shape index (κ2) is 8.75. The number of benzene rings is 2. The molecule has 2 atom stereocenters. The zero-order valence-corrected chi connectivity index (χ0v) is 18.8. The number of carbonyl (C=O) groups is 1. The van der Waals surface area contributed by atoms with Gasteiger partial charge in [-0.15, -0.1) is 0 Å². The minimum absolute atomic E-state index is 0.00432. The fraction of sp³-hybridized carbons (Fsp3) is 0.480. The predicted molar refractivity (Wildman–Crippen MR) is 120 cm³/mol. The maximum absolute atomic E-state index is 11.9. The lowest BCUT2D eigenvalue weighted by Crippen LogP contribution is -2.67. The third-order valence-corrected chi connectivity index (χ3v) is 11.3. The molecule has 150 valence electrons. The van der Waals surface area contributed by atoms with Crippen LogP contribution in [0.4, 0.5) is 0 Å². The van der Waals surface area contributed by atoms with Crippen LogP contribution in [0, 0.1) is 11.8 Å². The van der Waals surface area contributed by atoms with E-state index in [9.17, 15) is 4.79 Å². The predicted octanol–water partition coefficient (Wildman–Crippen LogP) is 4.96. The molecule has 0 radical (unpaired) electrons. The van der Waals surface area contributed by atoms with Gasteiger partial charge >= 0.3 is 0 Å². The number of hydrogen-bond acceptors (Lipinski definition) is 2. The van der Waals surface area contributed by atoms with Gasteiger partial charge in [-0.3, -0.25) is 4.79 Å². The third kappa shape index (κ3) is 4.31. The summed E-state index contributed by atoms with van der Waals surface area (Å²) in [6.45, 7) is 9.45. The van der Waals surface area contributed by atoms with Crippen LogP contribution in [-0.2, 0) is 9.22 Å². The molecule has 1 aliphatic carbocycles. The second-order valence-corrected chi connectivity index (χ2v) is 13.6. The molecule has 0 bridgehead atoms. The number of rotatable bonds is 6. The summed E-state index contributed by atoms with van der Waals surface area (Å²) < 4.78 is 7.06. The molecule has 2 nitrogen and oxygen atoms in total. The Hall–Kier alpha value is -1.71. The molecule has 0 N–H and O–H groups in total. The van der Waals surface area contributed by atoms with Crippen molar-refractivity contribution in [3.05, 3.63) is 60.7 Å². The SMILES string of the molecule is CC(=O)[C@H]1CCC[C@@H](CO[Si](c2ccccc2)(c2ccccc2)C(C)(C)C)C1. The highest BCUT2D eigenvalue weighted by molar-refractivity contribution is 6.99. The van der Waals surface area contributed by atoms with Gasteiger partial charge in [-0.2, -0.15) is 0 Å². The Kier molecular flexibility index (Phi) is 6.56. The molecule has 3 rings (SSSR count). The van der Waals surface area contributed by atoms with E-state index < -0.39 is 8.32 Å². The molecule has 0 saturated heterocycles. The molecule has 0 spiro atoms. The summed E-state index contributed by atoms with van der Waals surface area (Å²) in [5.41, 5.74) is 0. The summed E-state index contributed by atoms with van der Waals surface area (Å²) in [4.78, 5) is 11.9. The van der Waals surface area contributed by atoms with Crippen molar-refractivity contribution in [2.45, 2.75) is 58.4 Å². The van der Waals surface area contributed by atoms with Crippen molar-refractivity contribution in [1.82, 2.24) is 0 Å². The van der Waals surface area contributed by atoms with Crippen LogP contribution in [0.3, 0.4) is 0 Å². The van der Waals surface area contributed by atoms with Gasteiger partial charge in [-0.05, 0) is 47.5 Å². The Morgan fingerprint density at radius 2 is 1.50 bits per heavy atom. The highest BCUT2D eigenvalue weighted by Gasteiger charge is 2.50. The average molecular weight is 395 g/mol. The van der Waals surface area contributed by atoms with Crippen molar-refractivity contribution in [3.8, 4) is 0 Å². The molecular weight excluding hydrogens is 360 g/mol. The first kappa shape index (κ1) is 21.0. The number of ketones is 1. The van der Waals surface area contributed by atoms with E-state index >= 15 is 0 Å². The van der Waals surface area contributed by atoms with Gasteiger partial charge in [0.05, 0.1) is 0 Å². The van der Waals surface area contributed by atoms with Gasteiger partial charge in [0.2, 0.25) is 0 Å². The summed E-state index contributed by atoms with van der Waals surface area (Å²) in [6, 6.07) is 21.6. The zero-order valence-electron chi connectivity index (χ0n) is 17.8. The number of hydrogen-bond donors (Lipinski definition) is 0. The van der Waals surface area contributed by atoms with E-state index in [0.29, 0.717) is 11.7 Å². The van der Waals surface area contributed by atoms with E-state index in [1.165, 1.54) is 16.8 Å². The lowest BCUT2D eigenvalue weighted by Gasteiger charge is -2.44. The van der Waals surface area contributed by atoms with Crippen molar-refractivity contribution in [3.63, 3.8) is 0 Å². The van der Waals surface area contributed by atoms with E-state index in [2.05, 4.69) is 81.4 Å². The molecule has 0 heterocycles. The van der Waals surface area contributed by atoms with Crippen LogP contribution < -0.4 is 10.4 Å². The number of Topliss-reactive ketones (excluding diaryl/α,β-unsaturated/α-hetero) is 1. The second-order valence-electron chi connectivity index (χ2n) is 9.31. The number of carbonyl (C=O) groups excluding carboxylic acids is 1. The molecule has 2 aromatic rings. The van der Waals surface area contributed by atoms with Gasteiger partial charge < -0.3 is 4.43 Å².